The molecular formula is C24H28ClNO3S. The third-order valence-corrected chi connectivity index (χ3v) is 7.19. The molecule has 1 N–H and O–H groups in total. The Hall–Kier alpha value is -1.85. The van der Waals surface area contributed by atoms with Gasteiger partial charge in [-0.25, -0.2) is 0 Å². The van der Waals surface area contributed by atoms with Crippen molar-refractivity contribution in [2.24, 2.45) is 0 Å². The van der Waals surface area contributed by atoms with Crippen LogP contribution in [0.25, 0.3) is 0 Å². The highest BCUT2D eigenvalue weighted by Crippen LogP contribution is 2.38. The Balaban J connectivity index is 1.39. The van der Waals surface area contributed by atoms with Gasteiger partial charge in [0, 0.05) is 22.1 Å². The first kappa shape index (κ1) is 21.4. The highest BCUT2D eigenvalue weighted by atomic mass is 35.5. The highest BCUT2D eigenvalue weighted by molar-refractivity contribution is 7.99. The maximum Gasteiger partial charge on any atom is 0.220 e. The first-order chi connectivity index (χ1) is 14.6. The van der Waals surface area contributed by atoms with Crippen LogP contribution in [-0.2, 0) is 11.2 Å². The number of methoxy groups -OCH3 is 1. The van der Waals surface area contributed by atoms with Gasteiger partial charge in [0.25, 0.3) is 0 Å². The number of rotatable bonds is 7. The minimum atomic E-state index is 0.0198. The van der Waals surface area contributed by atoms with Crippen molar-refractivity contribution in [1.82, 2.24) is 5.32 Å². The van der Waals surface area contributed by atoms with Crippen LogP contribution in [0.5, 0.6) is 11.5 Å². The van der Waals surface area contributed by atoms with Crippen LogP contribution < -0.4 is 14.8 Å². The number of amides is 1. The Morgan fingerprint density at radius 2 is 2.03 bits per heavy atom. The van der Waals surface area contributed by atoms with Crippen molar-refractivity contribution in [2.45, 2.75) is 62.0 Å². The number of halogens is 1. The topological polar surface area (TPSA) is 47.6 Å². The molecule has 0 saturated heterocycles. The molecule has 0 radical (unpaired) electrons. The minimum absolute atomic E-state index is 0.0198. The third-order valence-electron chi connectivity index (χ3n) is 5.83. The van der Waals surface area contributed by atoms with E-state index in [0.29, 0.717) is 17.9 Å². The van der Waals surface area contributed by atoms with Gasteiger partial charge in [-0.2, -0.15) is 0 Å². The number of nitrogens with one attached hydrogen (secondary N) is 1. The number of hydrogen-bond acceptors (Lipinski definition) is 4. The summed E-state index contributed by atoms with van der Waals surface area (Å²) in [6, 6.07) is 11.9. The van der Waals surface area contributed by atoms with Crippen molar-refractivity contribution < 1.29 is 14.3 Å². The fourth-order valence-electron chi connectivity index (χ4n) is 4.30. The summed E-state index contributed by atoms with van der Waals surface area (Å²) in [5, 5.41) is 3.91. The predicted octanol–water partition coefficient (Wildman–Crippen LogP) is 5.96. The molecule has 160 valence electrons. The van der Waals surface area contributed by atoms with E-state index in [1.807, 2.05) is 48.2 Å². The summed E-state index contributed by atoms with van der Waals surface area (Å²) in [7, 11) is 1.67. The molecule has 4 rings (SSSR count). The SMILES string of the molecule is COc1c(CCC(=O)NC2CCSc3ccc(Cl)cc32)cccc1OC1CCCC1. The van der Waals surface area contributed by atoms with E-state index in [2.05, 4.69) is 5.32 Å². The second-order valence-electron chi connectivity index (χ2n) is 7.91. The van der Waals surface area contributed by atoms with Crippen molar-refractivity contribution >= 4 is 29.3 Å². The number of carbonyl (C=O) groups excluding carboxylic acids is 1. The van der Waals surface area contributed by atoms with Gasteiger partial charge in [-0.05, 0) is 73.9 Å². The van der Waals surface area contributed by atoms with Crippen LogP contribution in [0.2, 0.25) is 5.02 Å². The molecule has 0 bridgehead atoms. The summed E-state index contributed by atoms with van der Waals surface area (Å²) in [5.41, 5.74) is 2.13. The summed E-state index contributed by atoms with van der Waals surface area (Å²) >= 11 is 8.00. The maximum atomic E-state index is 12.7. The molecule has 1 aliphatic carbocycles. The number of thioether (sulfide) groups is 1. The highest BCUT2D eigenvalue weighted by Gasteiger charge is 2.23. The van der Waals surface area contributed by atoms with Crippen LogP contribution in [0.1, 0.15) is 55.7 Å². The van der Waals surface area contributed by atoms with Gasteiger partial charge in [0.2, 0.25) is 5.91 Å². The average molecular weight is 446 g/mol. The van der Waals surface area contributed by atoms with Gasteiger partial charge >= 0.3 is 0 Å². The summed E-state index contributed by atoms with van der Waals surface area (Å²) in [4.78, 5) is 13.9. The van der Waals surface area contributed by atoms with E-state index in [1.165, 1.54) is 17.7 Å². The van der Waals surface area contributed by atoms with E-state index >= 15 is 0 Å². The van der Waals surface area contributed by atoms with E-state index in [4.69, 9.17) is 21.1 Å². The molecule has 1 fully saturated rings. The predicted molar refractivity (Wildman–Crippen MR) is 122 cm³/mol. The van der Waals surface area contributed by atoms with Gasteiger partial charge in [0.15, 0.2) is 11.5 Å². The Bertz CT molecular complexity index is 898. The lowest BCUT2D eigenvalue weighted by molar-refractivity contribution is -0.121. The van der Waals surface area contributed by atoms with Gasteiger partial charge < -0.3 is 14.8 Å². The number of hydrogen-bond donors (Lipinski definition) is 1. The molecular weight excluding hydrogens is 418 g/mol. The minimum Gasteiger partial charge on any atom is -0.493 e. The van der Waals surface area contributed by atoms with Gasteiger partial charge in [-0.1, -0.05) is 23.7 Å². The molecule has 2 aromatic carbocycles. The fourth-order valence-corrected chi connectivity index (χ4v) is 5.58. The molecule has 1 aliphatic heterocycles. The molecule has 0 aromatic heterocycles. The summed E-state index contributed by atoms with van der Waals surface area (Å²) in [6.07, 6.45) is 6.85. The summed E-state index contributed by atoms with van der Waals surface area (Å²) in [5.74, 6) is 2.58. The molecule has 6 heteroatoms. The second kappa shape index (κ2) is 9.97. The van der Waals surface area contributed by atoms with Gasteiger partial charge in [-0.3, -0.25) is 4.79 Å². The number of aryl methyl sites for hydroxylation is 1. The third kappa shape index (κ3) is 5.06. The zero-order chi connectivity index (χ0) is 20.9. The van der Waals surface area contributed by atoms with Gasteiger partial charge in [-0.15, -0.1) is 11.8 Å². The van der Waals surface area contributed by atoms with Crippen LogP contribution in [0.3, 0.4) is 0 Å². The Morgan fingerprint density at radius 1 is 1.20 bits per heavy atom. The quantitative estimate of drug-likeness (QED) is 0.571. The largest absolute Gasteiger partial charge is 0.493 e. The van der Waals surface area contributed by atoms with Crippen molar-refractivity contribution in [2.75, 3.05) is 12.9 Å². The van der Waals surface area contributed by atoms with Crippen molar-refractivity contribution in [3.8, 4) is 11.5 Å². The van der Waals surface area contributed by atoms with Gasteiger partial charge in [0.05, 0.1) is 19.3 Å². The lowest BCUT2D eigenvalue weighted by Gasteiger charge is -2.26. The fraction of sp³-hybridized carbons (Fsp3) is 0.458. The number of ether oxygens (including phenoxy) is 2. The molecule has 0 spiro atoms. The standard InChI is InChI=1S/C24H28ClNO3S/c1-28-24-16(5-4-8-21(24)29-18-6-2-3-7-18)9-12-23(27)26-20-13-14-30-22-11-10-17(25)15-19(20)22/h4-5,8,10-11,15,18,20H,2-3,6-7,9,12-14H2,1H3,(H,26,27). The molecule has 1 amide bonds. The van der Waals surface area contributed by atoms with Crippen LogP contribution in [0.4, 0.5) is 0 Å². The first-order valence-corrected chi connectivity index (χ1v) is 12.0. The smallest absolute Gasteiger partial charge is 0.220 e. The summed E-state index contributed by atoms with van der Waals surface area (Å²) in [6.45, 7) is 0. The van der Waals surface area contributed by atoms with E-state index in [1.54, 1.807) is 7.11 Å². The van der Waals surface area contributed by atoms with Crippen molar-refractivity contribution in [3.05, 3.63) is 52.5 Å². The lowest BCUT2D eigenvalue weighted by Crippen LogP contribution is -2.30. The van der Waals surface area contributed by atoms with Crippen LogP contribution >= 0.6 is 23.4 Å². The zero-order valence-electron chi connectivity index (χ0n) is 17.3. The molecule has 2 aliphatic rings. The van der Waals surface area contributed by atoms with Crippen molar-refractivity contribution in [3.63, 3.8) is 0 Å². The maximum absolute atomic E-state index is 12.7. The number of benzene rings is 2. The Labute approximate surface area is 187 Å². The van der Waals surface area contributed by atoms with E-state index < -0.39 is 0 Å². The molecule has 1 saturated carbocycles. The average Bonchev–Trinajstić information content (AvgIpc) is 3.26. The first-order valence-electron chi connectivity index (χ1n) is 10.7. The zero-order valence-corrected chi connectivity index (χ0v) is 18.9. The normalized spacial score (nSPS) is 18.7. The van der Waals surface area contributed by atoms with Crippen LogP contribution in [0.15, 0.2) is 41.3 Å². The molecule has 30 heavy (non-hydrogen) atoms. The molecule has 2 aromatic rings. The van der Waals surface area contributed by atoms with Crippen LogP contribution in [-0.4, -0.2) is 24.9 Å². The summed E-state index contributed by atoms with van der Waals surface area (Å²) < 4.78 is 11.8. The van der Waals surface area contributed by atoms with Crippen LogP contribution in [0, 0.1) is 0 Å². The number of carbonyl (C=O) groups is 1. The van der Waals surface area contributed by atoms with Gasteiger partial charge in [0.1, 0.15) is 0 Å². The Morgan fingerprint density at radius 3 is 2.83 bits per heavy atom. The number of para-hydroxylation sites is 1. The van der Waals surface area contributed by atoms with E-state index in [9.17, 15) is 4.79 Å². The van der Waals surface area contributed by atoms with E-state index in [-0.39, 0.29) is 18.1 Å². The molecule has 1 heterocycles. The van der Waals surface area contributed by atoms with E-state index in [0.717, 1.165) is 47.6 Å². The van der Waals surface area contributed by atoms with Crippen molar-refractivity contribution in [1.29, 1.82) is 0 Å². The number of fused-ring (bicyclic) bond motifs is 1. The molecule has 4 nitrogen and oxygen atoms in total. The Kier molecular flexibility index (Phi) is 7.11. The molecule has 1 unspecified atom stereocenters. The lowest BCUT2D eigenvalue weighted by atomic mass is 10.0. The monoisotopic (exact) mass is 445 g/mol. The molecule has 1 atom stereocenters. The second-order valence-corrected chi connectivity index (χ2v) is 9.49.